The molecular weight excluding hydrogens is 450 g/mol. The van der Waals surface area contributed by atoms with Crippen molar-refractivity contribution < 1.29 is 22.7 Å². The number of ether oxygens (including phenoxy) is 1. The first-order valence-electron chi connectivity index (χ1n) is 10.4. The summed E-state index contributed by atoms with van der Waals surface area (Å²) in [6.45, 7) is 0.788. The van der Waals surface area contributed by atoms with Crippen LogP contribution >= 0.6 is 11.8 Å². The van der Waals surface area contributed by atoms with Gasteiger partial charge in [0.2, 0.25) is 21.8 Å². The highest BCUT2D eigenvalue weighted by molar-refractivity contribution is 7.99. The van der Waals surface area contributed by atoms with Crippen LogP contribution in [0.3, 0.4) is 0 Å². The Hall–Kier alpha value is -2.56. The lowest BCUT2D eigenvalue weighted by molar-refractivity contribution is -0.121. The van der Waals surface area contributed by atoms with E-state index in [1.807, 2.05) is 0 Å². The average molecular weight is 476 g/mol. The summed E-state index contributed by atoms with van der Waals surface area (Å²) in [4.78, 5) is 27.9. The topological polar surface area (TPSA) is 96.0 Å². The van der Waals surface area contributed by atoms with Crippen LogP contribution in [0.1, 0.15) is 19.3 Å². The number of benzene rings is 2. The van der Waals surface area contributed by atoms with Crippen LogP contribution < -0.4 is 15.0 Å². The number of methoxy groups -OCH3 is 1. The maximum Gasteiger partial charge on any atom is 0.244 e. The molecule has 1 fully saturated rings. The number of nitrogens with zero attached hydrogens (tertiary/aromatic N) is 2. The number of sulfonamides is 1. The van der Waals surface area contributed by atoms with Crippen LogP contribution in [0.4, 0.5) is 11.4 Å². The summed E-state index contributed by atoms with van der Waals surface area (Å²) in [5.41, 5.74) is 1.01. The smallest absolute Gasteiger partial charge is 0.244 e. The monoisotopic (exact) mass is 475 g/mol. The molecule has 0 aromatic heterocycles. The second-order valence-corrected chi connectivity index (χ2v) is 10.7. The normalized spacial score (nSPS) is 17.0. The van der Waals surface area contributed by atoms with Crippen molar-refractivity contribution in [3.05, 3.63) is 42.5 Å². The highest BCUT2D eigenvalue weighted by Crippen LogP contribution is 2.37. The van der Waals surface area contributed by atoms with Crippen molar-refractivity contribution in [2.75, 3.05) is 42.7 Å². The van der Waals surface area contributed by atoms with E-state index in [1.54, 1.807) is 43.5 Å². The van der Waals surface area contributed by atoms with Gasteiger partial charge in [0, 0.05) is 41.9 Å². The summed E-state index contributed by atoms with van der Waals surface area (Å²) in [6.07, 6.45) is 1.95. The molecule has 1 saturated heterocycles. The molecule has 2 aromatic rings. The molecule has 10 heteroatoms. The second kappa shape index (κ2) is 9.51. The van der Waals surface area contributed by atoms with Crippen LogP contribution in [0.2, 0.25) is 0 Å². The first kappa shape index (κ1) is 22.6. The maximum atomic E-state index is 13.0. The van der Waals surface area contributed by atoms with Crippen LogP contribution in [0.15, 0.2) is 52.3 Å². The fourth-order valence-electron chi connectivity index (χ4n) is 3.80. The molecule has 0 bridgehead atoms. The van der Waals surface area contributed by atoms with Crippen LogP contribution in [0.5, 0.6) is 5.75 Å². The van der Waals surface area contributed by atoms with Gasteiger partial charge in [0.25, 0.3) is 0 Å². The van der Waals surface area contributed by atoms with Crippen molar-refractivity contribution in [1.29, 1.82) is 0 Å². The molecule has 1 N–H and O–H groups in total. The van der Waals surface area contributed by atoms with Crippen molar-refractivity contribution in [3.63, 3.8) is 0 Å². The van der Waals surface area contributed by atoms with Gasteiger partial charge in [-0.1, -0.05) is 6.07 Å². The molecule has 32 heavy (non-hydrogen) atoms. The minimum Gasteiger partial charge on any atom is -0.497 e. The summed E-state index contributed by atoms with van der Waals surface area (Å²) < 4.78 is 32.7. The Balaban J connectivity index is 1.61. The lowest BCUT2D eigenvalue weighted by atomic mass is 10.2. The van der Waals surface area contributed by atoms with E-state index in [-0.39, 0.29) is 29.7 Å². The first-order valence-corrected chi connectivity index (χ1v) is 12.8. The van der Waals surface area contributed by atoms with Crippen molar-refractivity contribution in [1.82, 2.24) is 4.31 Å². The molecule has 2 aliphatic heterocycles. The Kier molecular flexibility index (Phi) is 6.73. The molecule has 170 valence electrons. The number of fused-ring (bicyclic) bond motifs is 1. The fourth-order valence-corrected chi connectivity index (χ4v) is 6.32. The highest BCUT2D eigenvalue weighted by atomic mass is 32.2. The Morgan fingerprint density at radius 2 is 1.94 bits per heavy atom. The molecule has 0 saturated carbocycles. The zero-order valence-electron chi connectivity index (χ0n) is 17.7. The van der Waals surface area contributed by atoms with Crippen molar-refractivity contribution in [2.24, 2.45) is 0 Å². The Morgan fingerprint density at radius 3 is 2.69 bits per heavy atom. The predicted octanol–water partition coefficient (Wildman–Crippen LogP) is 2.95. The molecule has 8 nitrogen and oxygen atoms in total. The molecule has 0 radical (unpaired) electrons. The zero-order chi connectivity index (χ0) is 22.7. The van der Waals surface area contributed by atoms with Crippen LogP contribution in [-0.4, -0.2) is 57.0 Å². The molecule has 2 amide bonds. The fraction of sp³-hybridized carbons (Fsp3) is 0.364. The van der Waals surface area contributed by atoms with Gasteiger partial charge in [-0.25, -0.2) is 8.42 Å². The van der Waals surface area contributed by atoms with Gasteiger partial charge in [0.05, 0.1) is 17.7 Å². The van der Waals surface area contributed by atoms with E-state index in [1.165, 1.54) is 27.0 Å². The quantitative estimate of drug-likeness (QED) is 0.690. The Labute approximate surface area is 192 Å². The largest absolute Gasteiger partial charge is 0.497 e. The summed E-state index contributed by atoms with van der Waals surface area (Å²) in [7, 11) is -2.10. The number of hydrogen-bond donors (Lipinski definition) is 1. The van der Waals surface area contributed by atoms with Crippen molar-refractivity contribution in [2.45, 2.75) is 29.1 Å². The van der Waals surface area contributed by atoms with Gasteiger partial charge in [0.15, 0.2) is 0 Å². The molecule has 2 heterocycles. The number of carbonyl (C=O) groups excluding carboxylic acids is 2. The number of carbonyl (C=O) groups is 2. The maximum absolute atomic E-state index is 13.0. The van der Waals surface area contributed by atoms with Crippen LogP contribution in [-0.2, 0) is 19.6 Å². The molecule has 2 aromatic carbocycles. The first-order chi connectivity index (χ1) is 15.4. The molecule has 0 atom stereocenters. The highest BCUT2D eigenvalue weighted by Gasteiger charge is 2.30. The molecule has 0 spiro atoms. The van der Waals surface area contributed by atoms with Gasteiger partial charge in [-0.05, 0) is 43.2 Å². The van der Waals surface area contributed by atoms with Gasteiger partial charge in [-0.2, -0.15) is 4.31 Å². The standard InChI is InChI=1S/C22H25N3O5S2/c1-30-17-6-4-5-16(13-17)23-21(26)15-25-19-14-18(32(28,29)24-10-2-3-11-24)7-8-20(19)31-12-9-22(25)27/h4-8,13-14H,2-3,9-12,15H2,1H3,(H,23,26). The second-order valence-electron chi connectivity index (χ2n) is 7.60. The van der Waals surface area contributed by atoms with E-state index in [0.29, 0.717) is 36.0 Å². The summed E-state index contributed by atoms with van der Waals surface area (Å²) in [6, 6.07) is 11.8. The number of rotatable bonds is 6. The number of nitrogens with one attached hydrogen (secondary N) is 1. The average Bonchev–Trinajstić information content (AvgIpc) is 3.29. The number of amides is 2. The van der Waals surface area contributed by atoms with Gasteiger partial charge < -0.3 is 15.0 Å². The SMILES string of the molecule is COc1cccc(NC(=O)CN2C(=O)CCSc3ccc(S(=O)(=O)N4CCCC4)cc32)c1. The zero-order valence-corrected chi connectivity index (χ0v) is 19.4. The third-order valence-electron chi connectivity index (χ3n) is 5.45. The van der Waals surface area contributed by atoms with E-state index in [4.69, 9.17) is 4.74 Å². The molecular formula is C22H25N3O5S2. The van der Waals surface area contributed by atoms with Crippen molar-refractivity contribution >= 4 is 45.0 Å². The van der Waals surface area contributed by atoms with E-state index < -0.39 is 10.0 Å². The Morgan fingerprint density at radius 1 is 1.16 bits per heavy atom. The van der Waals surface area contributed by atoms with Gasteiger partial charge in [0.1, 0.15) is 12.3 Å². The Bertz CT molecular complexity index is 1130. The predicted molar refractivity (Wildman–Crippen MR) is 124 cm³/mol. The van der Waals surface area contributed by atoms with E-state index in [0.717, 1.165) is 17.7 Å². The van der Waals surface area contributed by atoms with Crippen molar-refractivity contribution in [3.8, 4) is 5.75 Å². The number of anilines is 2. The third kappa shape index (κ3) is 4.77. The number of hydrogen-bond acceptors (Lipinski definition) is 6. The summed E-state index contributed by atoms with van der Waals surface area (Å²) in [5, 5.41) is 2.78. The lowest BCUT2D eigenvalue weighted by Crippen LogP contribution is -2.38. The minimum absolute atomic E-state index is 0.145. The number of thioether (sulfide) groups is 1. The van der Waals surface area contributed by atoms with E-state index >= 15 is 0 Å². The van der Waals surface area contributed by atoms with Crippen LogP contribution in [0.25, 0.3) is 0 Å². The van der Waals surface area contributed by atoms with Crippen LogP contribution in [0, 0.1) is 0 Å². The lowest BCUT2D eigenvalue weighted by Gasteiger charge is -2.24. The molecule has 0 aliphatic carbocycles. The van der Waals surface area contributed by atoms with Gasteiger partial charge in [-0.3, -0.25) is 9.59 Å². The van der Waals surface area contributed by atoms with Gasteiger partial charge in [-0.15, -0.1) is 11.8 Å². The van der Waals surface area contributed by atoms with E-state index in [9.17, 15) is 18.0 Å². The summed E-state index contributed by atoms with van der Waals surface area (Å²) in [5.74, 6) is 0.579. The molecule has 2 aliphatic rings. The molecule has 4 rings (SSSR count). The minimum atomic E-state index is -3.64. The van der Waals surface area contributed by atoms with E-state index in [2.05, 4.69) is 5.32 Å². The molecule has 0 unspecified atom stereocenters. The summed E-state index contributed by atoms with van der Waals surface area (Å²) >= 11 is 1.49. The van der Waals surface area contributed by atoms with Gasteiger partial charge >= 0.3 is 0 Å². The third-order valence-corrected chi connectivity index (χ3v) is 8.41.